The van der Waals surface area contributed by atoms with Crippen LogP contribution in [-0.4, -0.2) is 7.05 Å². The molecule has 0 bridgehead atoms. The number of anilines is 2. The minimum absolute atomic E-state index is 0.597. The van der Waals surface area contributed by atoms with Crippen molar-refractivity contribution in [2.24, 2.45) is 5.73 Å². The molecule has 0 saturated heterocycles. The van der Waals surface area contributed by atoms with Crippen LogP contribution in [0.4, 0.5) is 11.4 Å². The number of rotatable bonds is 3. The number of hydrogen-bond donors (Lipinski definition) is 1. The van der Waals surface area contributed by atoms with Crippen LogP contribution in [0.2, 0.25) is 0 Å². The van der Waals surface area contributed by atoms with Crippen molar-refractivity contribution in [3.8, 4) is 0 Å². The lowest BCUT2D eigenvalue weighted by Gasteiger charge is -2.21. The summed E-state index contributed by atoms with van der Waals surface area (Å²) in [5, 5.41) is 0. The fraction of sp³-hybridized carbons (Fsp3) is 0.250. The first-order valence-corrected chi connectivity index (χ1v) is 6.22. The molecule has 0 saturated carbocycles. The van der Waals surface area contributed by atoms with Crippen molar-refractivity contribution in [2.75, 3.05) is 11.9 Å². The van der Waals surface area contributed by atoms with E-state index in [0.29, 0.717) is 6.54 Å². The predicted octanol–water partition coefficient (Wildman–Crippen LogP) is 3.53. The maximum Gasteiger partial charge on any atom is 0.0410 e. The van der Waals surface area contributed by atoms with Gasteiger partial charge in [-0.2, -0.15) is 0 Å². The lowest BCUT2D eigenvalue weighted by molar-refractivity contribution is 1.04. The van der Waals surface area contributed by atoms with Gasteiger partial charge in [-0.15, -0.1) is 0 Å². The smallest absolute Gasteiger partial charge is 0.0410 e. The van der Waals surface area contributed by atoms with E-state index >= 15 is 0 Å². The van der Waals surface area contributed by atoms with E-state index in [4.69, 9.17) is 5.73 Å². The van der Waals surface area contributed by atoms with E-state index in [1.807, 2.05) is 0 Å². The van der Waals surface area contributed by atoms with Gasteiger partial charge in [0.05, 0.1) is 0 Å². The molecule has 0 amide bonds. The molecular weight excluding hydrogens is 220 g/mol. The van der Waals surface area contributed by atoms with Gasteiger partial charge in [-0.1, -0.05) is 18.2 Å². The van der Waals surface area contributed by atoms with Gasteiger partial charge < -0.3 is 10.6 Å². The molecule has 2 aromatic carbocycles. The van der Waals surface area contributed by atoms with Crippen LogP contribution in [0.25, 0.3) is 0 Å². The Hall–Kier alpha value is -1.80. The molecule has 2 heteroatoms. The Bertz CT molecular complexity index is 547. The third-order valence-corrected chi connectivity index (χ3v) is 3.32. The summed E-state index contributed by atoms with van der Waals surface area (Å²) in [5.74, 6) is 0. The first kappa shape index (κ1) is 12.7. The third-order valence-electron chi connectivity index (χ3n) is 3.32. The summed E-state index contributed by atoms with van der Waals surface area (Å²) in [6.07, 6.45) is 0. The normalized spacial score (nSPS) is 10.4. The second-order valence-corrected chi connectivity index (χ2v) is 4.71. The van der Waals surface area contributed by atoms with Gasteiger partial charge in [0.25, 0.3) is 0 Å². The average molecular weight is 240 g/mol. The van der Waals surface area contributed by atoms with Crippen molar-refractivity contribution in [2.45, 2.75) is 20.4 Å². The highest BCUT2D eigenvalue weighted by Crippen LogP contribution is 2.26. The van der Waals surface area contributed by atoms with Crippen molar-refractivity contribution in [3.63, 3.8) is 0 Å². The van der Waals surface area contributed by atoms with Crippen LogP contribution in [0.15, 0.2) is 42.5 Å². The number of nitrogens with two attached hydrogens (primary N) is 1. The Labute approximate surface area is 109 Å². The van der Waals surface area contributed by atoms with Crippen LogP contribution in [-0.2, 0) is 6.54 Å². The molecule has 2 aromatic rings. The Kier molecular flexibility index (Phi) is 3.68. The van der Waals surface area contributed by atoms with Crippen molar-refractivity contribution in [1.82, 2.24) is 0 Å². The highest BCUT2D eigenvalue weighted by molar-refractivity contribution is 5.64. The van der Waals surface area contributed by atoms with Crippen LogP contribution in [0.3, 0.4) is 0 Å². The Morgan fingerprint density at radius 2 is 1.72 bits per heavy atom. The van der Waals surface area contributed by atoms with Crippen LogP contribution in [0, 0.1) is 13.8 Å². The SMILES string of the molecule is Cc1cccc(N(C)c2ccc(CN)c(C)c2)c1. The molecule has 2 rings (SSSR count). The molecular formula is C16H20N2. The minimum Gasteiger partial charge on any atom is -0.345 e. The quantitative estimate of drug-likeness (QED) is 0.889. The van der Waals surface area contributed by atoms with Crippen molar-refractivity contribution in [1.29, 1.82) is 0 Å². The Morgan fingerprint density at radius 3 is 2.33 bits per heavy atom. The zero-order chi connectivity index (χ0) is 13.1. The van der Waals surface area contributed by atoms with Crippen molar-refractivity contribution in [3.05, 3.63) is 59.2 Å². The maximum absolute atomic E-state index is 5.69. The van der Waals surface area contributed by atoms with Crippen LogP contribution in [0.5, 0.6) is 0 Å². The largest absolute Gasteiger partial charge is 0.345 e. The van der Waals surface area contributed by atoms with E-state index in [2.05, 4.69) is 68.3 Å². The van der Waals surface area contributed by atoms with Crippen LogP contribution >= 0.6 is 0 Å². The lowest BCUT2D eigenvalue weighted by Crippen LogP contribution is -2.10. The van der Waals surface area contributed by atoms with E-state index in [-0.39, 0.29) is 0 Å². The van der Waals surface area contributed by atoms with Crippen LogP contribution < -0.4 is 10.6 Å². The van der Waals surface area contributed by atoms with Crippen molar-refractivity contribution >= 4 is 11.4 Å². The molecule has 0 aromatic heterocycles. The molecule has 0 spiro atoms. The van der Waals surface area contributed by atoms with Gasteiger partial charge >= 0.3 is 0 Å². The topological polar surface area (TPSA) is 29.3 Å². The molecule has 2 N–H and O–H groups in total. The first-order valence-electron chi connectivity index (χ1n) is 6.22. The molecule has 0 atom stereocenters. The second kappa shape index (κ2) is 5.23. The Balaban J connectivity index is 2.34. The summed E-state index contributed by atoms with van der Waals surface area (Å²) in [6, 6.07) is 14.9. The van der Waals surface area contributed by atoms with Gasteiger partial charge in [-0.3, -0.25) is 0 Å². The summed E-state index contributed by atoms with van der Waals surface area (Å²) in [4.78, 5) is 2.19. The number of benzene rings is 2. The third kappa shape index (κ3) is 2.54. The standard InChI is InChI=1S/C16H20N2/c1-12-5-4-6-15(9-12)18(3)16-8-7-14(11-17)13(2)10-16/h4-10H,11,17H2,1-3H3. The molecule has 94 valence electrons. The summed E-state index contributed by atoms with van der Waals surface area (Å²) in [6.45, 7) is 4.82. The van der Waals surface area contributed by atoms with E-state index in [9.17, 15) is 0 Å². The van der Waals surface area contributed by atoms with E-state index in [1.165, 1.54) is 28.1 Å². The first-order chi connectivity index (χ1) is 8.61. The van der Waals surface area contributed by atoms with Gasteiger partial charge in [0, 0.05) is 25.0 Å². The molecule has 0 aliphatic carbocycles. The minimum atomic E-state index is 0.597. The van der Waals surface area contributed by atoms with E-state index in [1.54, 1.807) is 0 Å². The molecule has 0 aliphatic rings. The molecule has 0 heterocycles. The van der Waals surface area contributed by atoms with Gasteiger partial charge in [0.1, 0.15) is 0 Å². The van der Waals surface area contributed by atoms with Crippen molar-refractivity contribution < 1.29 is 0 Å². The summed E-state index contributed by atoms with van der Waals surface area (Å²) in [5.41, 5.74) is 11.8. The fourth-order valence-corrected chi connectivity index (χ4v) is 2.10. The zero-order valence-electron chi connectivity index (χ0n) is 11.3. The monoisotopic (exact) mass is 240 g/mol. The number of aryl methyl sites for hydroxylation is 2. The average Bonchev–Trinajstić information content (AvgIpc) is 2.37. The number of hydrogen-bond acceptors (Lipinski definition) is 2. The summed E-state index contributed by atoms with van der Waals surface area (Å²) < 4.78 is 0. The highest BCUT2D eigenvalue weighted by Gasteiger charge is 2.05. The molecule has 0 unspecified atom stereocenters. The van der Waals surface area contributed by atoms with E-state index < -0.39 is 0 Å². The summed E-state index contributed by atoms with van der Waals surface area (Å²) in [7, 11) is 2.09. The van der Waals surface area contributed by atoms with E-state index in [0.717, 1.165) is 0 Å². The van der Waals surface area contributed by atoms with Crippen LogP contribution in [0.1, 0.15) is 16.7 Å². The molecule has 0 radical (unpaired) electrons. The molecule has 0 aliphatic heterocycles. The second-order valence-electron chi connectivity index (χ2n) is 4.71. The molecule has 2 nitrogen and oxygen atoms in total. The highest BCUT2D eigenvalue weighted by atomic mass is 15.1. The summed E-state index contributed by atoms with van der Waals surface area (Å²) >= 11 is 0. The van der Waals surface area contributed by atoms with Gasteiger partial charge in [0.15, 0.2) is 0 Å². The Morgan fingerprint density at radius 1 is 1.00 bits per heavy atom. The van der Waals surface area contributed by atoms with Gasteiger partial charge in [-0.05, 0) is 54.8 Å². The van der Waals surface area contributed by atoms with Gasteiger partial charge in [-0.25, -0.2) is 0 Å². The molecule has 18 heavy (non-hydrogen) atoms. The maximum atomic E-state index is 5.69. The fourth-order valence-electron chi connectivity index (χ4n) is 2.10. The zero-order valence-corrected chi connectivity index (χ0v) is 11.3. The van der Waals surface area contributed by atoms with Gasteiger partial charge in [0.2, 0.25) is 0 Å². The number of nitrogens with zero attached hydrogens (tertiary/aromatic N) is 1. The predicted molar refractivity (Wildman–Crippen MR) is 78.3 cm³/mol. The lowest BCUT2D eigenvalue weighted by atomic mass is 10.1. The molecule has 0 fully saturated rings.